The van der Waals surface area contributed by atoms with E-state index in [1.165, 1.54) is 0 Å². The highest BCUT2D eigenvalue weighted by Gasteiger charge is 2.03. The van der Waals surface area contributed by atoms with Crippen molar-refractivity contribution in [2.24, 2.45) is 0 Å². The first-order valence-corrected chi connectivity index (χ1v) is 3.39. The molecule has 0 amide bonds. The first kappa shape index (κ1) is 9.41. The molecule has 1 N–H and O–H groups in total. The lowest BCUT2D eigenvalue weighted by Gasteiger charge is -2.10. The summed E-state index contributed by atoms with van der Waals surface area (Å²) in [5.41, 5.74) is 0. The number of nitrogens with one attached hydrogen (secondary N) is 1. The summed E-state index contributed by atoms with van der Waals surface area (Å²) in [6.45, 7) is 4.36. The minimum absolute atomic E-state index is 0.178. The molecule has 0 radical (unpaired) electrons. The fraction of sp³-hybridized carbons (Fsp3) is 0.857. The van der Waals surface area contributed by atoms with Crippen LogP contribution in [0.4, 0.5) is 0 Å². The van der Waals surface area contributed by atoms with Crippen molar-refractivity contribution in [2.75, 3.05) is 13.7 Å². The number of ether oxygens (including phenoxy) is 1. The Balaban J connectivity index is 3.38. The van der Waals surface area contributed by atoms with Gasteiger partial charge < -0.3 is 10.1 Å². The zero-order valence-corrected chi connectivity index (χ0v) is 6.72. The smallest absolute Gasteiger partial charge is 0.119 e. The van der Waals surface area contributed by atoms with E-state index in [0.29, 0.717) is 6.61 Å². The zero-order valence-electron chi connectivity index (χ0n) is 6.72. The summed E-state index contributed by atoms with van der Waals surface area (Å²) in [7, 11) is 1.75. The number of hydrogen-bond donors (Lipinski definition) is 1. The van der Waals surface area contributed by atoms with Crippen molar-refractivity contribution in [1.29, 1.82) is 5.26 Å². The predicted octanol–water partition coefficient (Wildman–Crippen LogP) is 0.523. The normalized spacial score (nSPS) is 13.1. The van der Waals surface area contributed by atoms with Crippen LogP contribution in [-0.2, 0) is 4.74 Å². The summed E-state index contributed by atoms with van der Waals surface area (Å²) in [6.07, 6.45) is 0.198. The molecule has 1 atom stereocenters. The third kappa shape index (κ3) is 4.30. The van der Waals surface area contributed by atoms with Gasteiger partial charge in [0.2, 0.25) is 0 Å². The molecule has 0 aromatic carbocycles. The number of nitriles is 1. The zero-order chi connectivity index (χ0) is 7.98. The predicted molar refractivity (Wildman–Crippen MR) is 39.5 cm³/mol. The van der Waals surface area contributed by atoms with Gasteiger partial charge >= 0.3 is 0 Å². The van der Waals surface area contributed by atoms with Gasteiger partial charge in [0, 0.05) is 0 Å². The van der Waals surface area contributed by atoms with Crippen LogP contribution in [0.25, 0.3) is 0 Å². The second-order valence-corrected chi connectivity index (χ2v) is 2.35. The molecule has 0 aliphatic carbocycles. The molecule has 58 valence electrons. The van der Waals surface area contributed by atoms with Crippen LogP contribution in [0.2, 0.25) is 0 Å². The third-order valence-corrected chi connectivity index (χ3v) is 1.10. The number of rotatable bonds is 4. The Bertz CT molecular complexity index is 117. The van der Waals surface area contributed by atoms with Gasteiger partial charge in [-0.2, -0.15) is 5.26 Å². The Hall–Kier alpha value is -0.590. The van der Waals surface area contributed by atoms with E-state index < -0.39 is 0 Å². The molecule has 0 saturated heterocycles. The van der Waals surface area contributed by atoms with Crippen molar-refractivity contribution in [1.82, 2.24) is 5.32 Å². The highest BCUT2D eigenvalue weighted by molar-refractivity contribution is 4.88. The third-order valence-electron chi connectivity index (χ3n) is 1.10. The van der Waals surface area contributed by atoms with E-state index in [0.717, 1.165) is 0 Å². The minimum Gasteiger partial charge on any atom is -0.376 e. The van der Waals surface area contributed by atoms with Crippen LogP contribution in [-0.4, -0.2) is 25.8 Å². The van der Waals surface area contributed by atoms with Crippen molar-refractivity contribution in [3.8, 4) is 6.07 Å². The van der Waals surface area contributed by atoms with Gasteiger partial charge in [0.15, 0.2) is 0 Å². The van der Waals surface area contributed by atoms with E-state index in [1.54, 1.807) is 7.05 Å². The van der Waals surface area contributed by atoms with Crippen molar-refractivity contribution in [3.63, 3.8) is 0 Å². The van der Waals surface area contributed by atoms with Gasteiger partial charge in [0.05, 0.1) is 18.8 Å². The molecule has 0 aliphatic rings. The lowest BCUT2D eigenvalue weighted by molar-refractivity contribution is 0.0718. The van der Waals surface area contributed by atoms with Crippen LogP contribution in [0, 0.1) is 11.3 Å². The van der Waals surface area contributed by atoms with E-state index >= 15 is 0 Å². The van der Waals surface area contributed by atoms with E-state index in [-0.39, 0.29) is 12.1 Å². The molecular formula is C7H14N2O. The molecule has 0 aliphatic heterocycles. The fourth-order valence-electron chi connectivity index (χ4n) is 0.474. The lowest BCUT2D eigenvalue weighted by atomic mass is 10.3. The first-order chi connectivity index (χ1) is 4.70. The molecule has 0 aromatic rings. The van der Waals surface area contributed by atoms with Crippen LogP contribution in [0.3, 0.4) is 0 Å². The number of hydrogen-bond acceptors (Lipinski definition) is 3. The van der Waals surface area contributed by atoms with Crippen LogP contribution in [0.15, 0.2) is 0 Å². The van der Waals surface area contributed by atoms with E-state index in [4.69, 9.17) is 10.00 Å². The Kier molecular flexibility index (Phi) is 4.91. The molecule has 0 rings (SSSR count). The van der Waals surface area contributed by atoms with E-state index in [9.17, 15) is 0 Å². The van der Waals surface area contributed by atoms with Gasteiger partial charge in [-0.25, -0.2) is 0 Å². The largest absolute Gasteiger partial charge is 0.376 e. The molecule has 0 aromatic heterocycles. The van der Waals surface area contributed by atoms with Gasteiger partial charge in [-0.15, -0.1) is 0 Å². The minimum atomic E-state index is -0.178. The summed E-state index contributed by atoms with van der Waals surface area (Å²) >= 11 is 0. The molecule has 10 heavy (non-hydrogen) atoms. The van der Waals surface area contributed by atoms with Crippen LogP contribution in [0.1, 0.15) is 13.8 Å². The van der Waals surface area contributed by atoms with Crippen molar-refractivity contribution >= 4 is 0 Å². The Morgan fingerprint density at radius 3 is 2.50 bits per heavy atom. The standard InChI is InChI=1S/C7H14N2O/c1-6(2)10-5-7(4-8)9-3/h6-7,9H,5H2,1-3H3. The molecule has 0 spiro atoms. The Morgan fingerprint density at radius 2 is 2.20 bits per heavy atom. The summed E-state index contributed by atoms with van der Waals surface area (Å²) < 4.78 is 5.20. The van der Waals surface area contributed by atoms with Gasteiger partial charge in [0.1, 0.15) is 6.04 Å². The summed E-state index contributed by atoms with van der Waals surface area (Å²) in [4.78, 5) is 0. The van der Waals surface area contributed by atoms with Crippen molar-refractivity contribution in [2.45, 2.75) is 26.0 Å². The average Bonchev–Trinajstić information content (AvgIpc) is 1.90. The molecule has 3 nitrogen and oxygen atoms in total. The maximum absolute atomic E-state index is 8.45. The second kappa shape index (κ2) is 5.21. The molecule has 0 saturated carbocycles. The van der Waals surface area contributed by atoms with Gasteiger partial charge in [-0.3, -0.25) is 0 Å². The van der Waals surface area contributed by atoms with Crippen LogP contribution in [0.5, 0.6) is 0 Å². The quantitative estimate of drug-likeness (QED) is 0.622. The van der Waals surface area contributed by atoms with Crippen LogP contribution >= 0.6 is 0 Å². The van der Waals surface area contributed by atoms with Gasteiger partial charge in [-0.1, -0.05) is 0 Å². The summed E-state index contributed by atoms with van der Waals surface area (Å²) in [5, 5.41) is 11.3. The Morgan fingerprint density at radius 1 is 1.60 bits per heavy atom. The highest BCUT2D eigenvalue weighted by Crippen LogP contribution is 1.89. The number of nitrogens with zero attached hydrogens (tertiary/aromatic N) is 1. The van der Waals surface area contributed by atoms with E-state index in [1.807, 2.05) is 13.8 Å². The second-order valence-electron chi connectivity index (χ2n) is 2.35. The SMILES string of the molecule is CNC(C#N)COC(C)C. The molecule has 0 bridgehead atoms. The summed E-state index contributed by atoms with van der Waals surface area (Å²) in [5.74, 6) is 0. The number of likely N-dealkylation sites (N-methyl/N-ethyl adjacent to an activating group) is 1. The van der Waals surface area contributed by atoms with Gasteiger partial charge in [-0.05, 0) is 20.9 Å². The summed E-state index contributed by atoms with van der Waals surface area (Å²) in [6, 6.07) is 1.89. The molecular weight excluding hydrogens is 128 g/mol. The molecule has 0 fully saturated rings. The average molecular weight is 142 g/mol. The fourth-order valence-corrected chi connectivity index (χ4v) is 0.474. The van der Waals surface area contributed by atoms with Crippen molar-refractivity contribution < 1.29 is 4.74 Å². The maximum Gasteiger partial charge on any atom is 0.119 e. The Labute approximate surface area is 62.0 Å². The topological polar surface area (TPSA) is 45.0 Å². The van der Waals surface area contributed by atoms with Gasteiger partial charge in [0.25, 0.3) is 0 Å². The molecule has 0 heterocycles. The highest BCUT2D eigenvalue weighted by atomic mass is 16.5. The maximum atomic E-state index is 8.45. The lowest BCUT2D eigenvalue weighted by Crippen LogP contribution is -2.29. The monoisotopic (exact) mass is 142 g/mol. The molecule has 3 heteroatoms. The molecule has 1 unspecified atom stereocenters. The van der Waals surface area contributed by atoms with Crippen molar-refractivity contribution in [3.05, 3.63) is 0 Å². The first-order valence-electron chi connectivity index (χ1n) is 3.39. The van der Waals surface area contributed by atoms with Crippen LogP contribution < -0.4 is 5.32 Å². The van der Waals surface area contributed by atoms with E-state index in [2.05, 4.69) is 11.4 Å².